The van der Waals surface area contributed by atoms with Gasteiger partial charge in [0.2, 0.25) is 0 Å². The second kappa shape index (κ2) is 13.5. The Morgan fingerprint density at radius 1 is 0.526 bits per heavy atom. The van der Waals surface area contributed by atoms with Gasteiger partial charge in [0.05, 0.1) is 0 Å². The Labute approximate surface area is 131 Å². The van der Waals surface area contributed by atoms with Gasteiger partial charge in [-0.25, -0.2) is 0 Å². The molecule has 0 heterocycles. The molecule has 0 N–H and O–H groups in total. The zero-order valence-corrected chi connectivity index (χ0v) is 15.4. The molecule has 0 aliphatic carbocycles. The summed E-state index contributed by atoms with van der Waals surface area (Å²) in [6, 6.07) is 0. The molecule has 0 radical (unpaired) electrons. The van der Waals surface area contributed by atoms with E-state index >= 15 is 0 Å². The summed E-state index contributed by atoms with van der Waals surface area (Å²) in [5.74, 6) is 0. The van der Waals surface area contributed by atoms with Crippen LogP contribution in [0.2, 0.25) is 0 Å². The molecular formula is C18H37Br. The molecule has 0 bridgehead atoms. The number of hydrogen-bond acceptors (Lipinski definition) is 0. The van der Waals surface area contributed by atoms with Crippen molar-refractivity contribution in [3.8, 4) is 0 Å². The molecule has 0 amide bonds. The van der Waals surface area contributed by atoms with E-state index in [1.807, 2.05) is 0 Å². The first-order valence-electron chi connectivity index (χ1n) is 8.62. The summed E-state index contributed by atoms with van der Waals surface area (Å²) in [6.07, 6.45) is 18.7. The van der Waals surface area contributed by atoms with Crippen molar-refractivity contribution in [1.82, 2.24) is 0 Å². The molecule has 0 saturated heterocycles. The van der Waals surface area contributed by atoms with E-state index in [1.165, 1.54) is 88.8 Å². The van der Waals surface area contributed by atoms with Crippen LogP contribution in [-0.2, 0) is 0 Å². The zero-order valence-electron chi connectivity index (χ0n) is 13.8. The van der Waals surface area contributed by atoms with Gasteiger partial charge in [-0.05, 0) is 18.3 Å². The van der Waals surface area contributed by atoms with Crippen LogP contribution in [0.15, 0.2) is 0 Å². The van der Waals surface area contributed by atoms with E-state index in [4.69, 9.17) is 0 Å². The Bertz CT molecular complexity index is 169. The van der Waals surface area contributed by atoms with Gasteiger partial charge in [0.25, 0.3) is 0 Å². The maximum atomic E-state index is 3.49. The van der Waals surface area contributed by atoms with Gasteiger partial charge in [0.1, 0.15) is 0 Å². The fourth-order valence-corrected chi connectivity index (χ4v) is 2.91. The van der Waals surface area contributed by atoms with Gasteiger partial charge in [0, 0.05) is 5.33 Å². The third kappa shape index (κ3) is 18.5. The average molecular weight is 333 g/mol. The monoisotopic (exact) mass is 332 g/mol. The maximum Gasteiger partial charge on any atom is 0.00313 e. The molecule has 0 atom stereocenters. The lowest BCUT2D eigenvalue weighted by Crippen LogP contribution is -2.03. The molecule has 0 saturated carbocycles. The van der Waals surface area contributed by atoms with Crippen LogP contribution >= 0.6 is 15.9 Å². The largest absolute Gasteiger partial charge is 0.0928 e. The first-order chi connectivity index (χ1) is 9.06. The van der Waals surface area contributed by atoms with Crippen molar-refractivity contribution in [2.75, 3.05) is 5.33 Å². The Morgan fingerprint density at radius 3 is 1.16 bits per heavy atom. The molecule has 0 aliphatic heterocycles. The topological polar surface area (TPSA) is 0 Å². The van der Waals surface area contributed by atoms with Crippen molar-refractivity contribution >= 4 is 15.9 Å². The van der Waals surface area contributed by atoms with Crippen LogP contribution in [0.4, 0.5) is 0 Å². The molecule has 1 heteroatoms. The molecule has 0 aliphatic rings. The van der Waals surface area contributed by atoms with Crippen molar-refractivity contribution in [3.05, 3.63) is 0 Å². The van der Waals surface area contributed by atoms with Crippen molar-refractivity contribution < 1.29 is 0 Å². The quantitative estimate of drug-likeness (QED) is 0.242. The minimum absolute atomic E-state index is 0.537. The highest BCUT2D eigenvalue weighted by molar-refractivity contribution is 9.09. The third-order valence-corrected chi connectivity index (χ3v) is 4.37. The van der Waals surface area contributed by atoms with Crippen LogP contribution in [0.1, 0.15) is 104 Å². The molecule has 0 spiro atoms. The number of halogens is 1. The summed E-state index contributed by atoms with van der Waals surface area (Å²) in [4.78, 5) is 0. The van der Waals surface area contributed by atoms with Crippen LogP contribution in [0, 0.1) is 5.41 Å². The Morgan fingerprint density at radius 2 is 0.842 bits per heavy atom. The lowest BCUT2D eigenvalue weighted by atomic mass is 9.89. The van der Waals surface area contributed by atoms with E-state index in [0.29, 0.717) is 5.41 Å². The second-order valence-electron chi connectivity index (χ2n) is 7.24. The first kappa shape index (κ1) is 19.5. The molecule has 0 aromatic rings. The Kier molecular flexibility index (Phi) is 13.8. The zero-order chi connectivity index (χ0) is 14.4. The summed E-state index contributed by atoms with van der Waals surface area (Å²) >= 11 is 3.49. The van der Waals surface area contributed by atoms with Crippen molar-refractivity contribution in [2.24, 2.45) is 5.41 Å². The molecule has 0 nitrogen and oxygen atoms in total. The molecule has 0 rings (SSSR count). The number of unbranched alkanes of at least 4 members (excludes halogenated alkanes) is 11. The second-order valence-corrected chi connectivity index (χ2v) is 8.04. The van der Waals surface area contributed by atoms with E-state index in [-0.39, 0.29) is 0 Å². The smallest absolute Gasteiger partial charge is 0.00313 e. The van der Waals surface area contributed by atoms with Gasteiger partial charge < -0.3 is 0 Å². The van der Waals surface area contributed by atoms with Crippen LogP contribution < -0.4 is 0 Å². The first-order valence-corrected chi connectivity index (χ1v) is 9.74. The highest BCUT2D eigenvalue weighted by Gasteiger charge is 2.08. The Hall–Kier alpha value is 0.480. The predicted molar refractivity (Wildman–Crippen MR) is 93.3 cm³/mol. The van der Waals surface area contributed by atoms with Crippen LogP contribution in [-0.4, -0.2) is 5.33 Å². The van der Waals surface area contributed by atoms with Gasteiger partial charge in [0.15, 0.2) is 0 Å². The highest BCUT2D eigenvalue weighted by atomic mass is 79.9. The van der Waals surface area contributed by atoms with E-state index in [1.54, 1.807) is 0 Å². The minimum Gasteiger partial charge on any atom is -0.0928 e. The van der Waals surface area contributed by atoms with E-state index in [9.17, 15) is 0 Å². The summed E-state index contributed by atoms with van der Waals surface area (Å²) in [7, 11) is 0. The molecule has 116 valence electrons. The maximum absolute atomic E-state index is 3.49. The van der Waals surface area contributed by atoms with Gasteiger partial charge in [-0.15, -0.1) is 0 Å². The Balaban J connectivity index is 2.99. The highest BCUT2D eigenvalue weighted by Crippen LogP contribution is 2.22. The van der Waals surface area contributed by atoms with Crippen molar-refractivity contribution in [2.45, 2.75) is 104 Å². The van der Waals surface area contributed by atoms with Gasteiger partial charge >= 0.3 is 0 Å². The average Bonchev–Trinajstić information content (AvgIpc) is 2.34. The molecular weight excluding hydrogens is 296 g/mol. The lowest BCUT2D eigenvalue weighted by molar-refractivity contribution is 0.356. The van der Waals surface area contributed by atoms with E-state index < -0.39 is 0 Å². The van der Waals surface area contributed by atoms with Crippen molar-refractivity contribution in [1.29, 1.82) is 0 Å². The third-order valence-electron chi connectivity index (χ3n) is 3.81. The lowest BCUT2D eigenvalue weighted by Gasteiger charge is -2.17. The summed E-state index contributed by atoms with van der Waals surface area (Å²) in [5, 5.41) is 1.18. The standard InChI is InChI=1S/C18H37Br/c1-18(2,3)16-14-12-10-8-6-4-5-7-9-11-13-15-17-19/h4-17H2,1-3H3. The number of alkyl halides is 1. The summed E-state index contributed by atoms with van der Waals surface area (Å²) < 4.78 is 0. The predicted octanol–water partition coefficient (Wildman–Crippen LogP) is 7.50. The van der Waals surface area contributed by atoms with Gasteiger partial charge in [-0.2, -0.15) is 0 Å². The molecule has 0 fully saturated rings. The molecule has 19 heavy (non-hydrogen) atoms. The SMILES string of the molecule is CC(C)(C)CCCCCCCCCCCCCCBr. The summed E-state index contributed by atoms with van der Waals surface area (Å²) in [6.45, 7) is 7.06. The molecule has 0 aromatic carbocycles. The minimum atomic E-state index is 0.537. The van der Waals surface area contributed by atoms with Crippen molar-refractivity contribution in [3.63, 3.8) is 0 Å². The molecule has 0 aromatic heterocycles. The number of rotatable bonds is 13. The van der Waals surface area contributed by atoms with Crippen LogP contribution in [0.25, 0.3) is 0 Å². The normalized spacial score (nSPS) is 12.0. The van der Waals surface area contributed by atoms with Gasteiger partial charge in [-0.1, -0.05) is 107 Å². The fraction of sp³-hybridized carbons (Fsp3) is 1.00. The summed E-state index contributed by atoms with van der Waals surface area (Å²) in [5.41, 5.74) is 0.537. The van der Waals surface area contributed by atoms with Crippen LogP contribution in [0.5, 0.6) is 0 Å². The van der Waals surface area contributed by atoms with E-state index in [0.717, 1.165) is 0 Å². The fourth-order valence-electron chi connectivity index (χ4n) is 2.52. The van der Waals surface area contributed by atoms with E-state index in [2.05, 4.69) is 36.7 Å². The molecule has 0 unspecified atom stereocenters. The van der Waals surface area contributed by atoms with Crippen LogP contribution in [0.3, 0.4) is 0 Å². The number of hydrogen-bond donors (Lipinski definition) is 0. The van der Waals surface area contributed by atoms with Gasteiger partial charge in [-0.3, -0.25) is 0 Å².